The molecule has 0 N–H and O–H groups in total. The molecule has 0 atom stereocenters. The van der Waals surface area contributed by atoms with Gasteiger partial charge in [0.2, 0.25) is 0 Å². The number of carbonyl (C=O) groups excluding carboxylic acids is 1. The molecule has 0 saturated heterocycles. The maximum atomic E-state index is 11.9. The van der Waals surface area contributed by atoms with Crippen molar-refractivity contribution in [2.75, 3.05) is 6.61 Å². The van der Waals surface area contributed by atoms with E-state index in [-0.39, 0.29) is 5.97 Å². The van der Waals surface area contributed by atoms with Gasteiger partial charge in [-0.15, -0.1) is 0 Å². The summed E-state index contributed by atoms with van der Waals surface area (Å²) in [7, 11) is 0. The summed E-state index contributed by atoms with van der Waals surface area (Å²) in [5, 5.41) is 9.11. The minimum Gasteiger partial charge on any atom is -0.462 e. The minimum absolute atomic E-state index is 0.327. The van der Waals surface area contributed by atoms with E-state index in [0.29, 0.717) is 24.4 Å². The fourth-order valence-electron chi connectivity index (χ4n) is 2.11. The average Bonchev–Trinajstić information content (AvgIpc) is 2.80. The van der Waals surface area contributed by atoms with Crippen LogP contribution in [-0.4, -0.2) is 17.1 Å². The number of aromatic nitrogens is 1. The predicted octanol–water partition coefficient (Wildman–Crippen LogP) is 2.89. The minimum atomic E-state index is -0.327. The molecule has 1 aromatic carbocycles. The normalized spacial score (nSPS) is 10.1. The number of rotatable bonds is 4. The van der Waals surface area contributed by atoms with Gasteiger partial charge in [0, 0.05) is 12.2 Å². The smallest absolute Gasteiger partial charge is 0.338 e. The van der Waals surface area contributed by atoms with Crippen LogP contribution in [0.15, 0.2) is 36.4 Å². The Morgan fingerprint density at radius 1 is 1.30 bits per heavy atom. The SMILES string of the molecule is CCOC(=O)c1ccccc1Cn1c(C)ccc1C#N. The Kier molecular flexibility index (Phi) is 4.21. The van der Waals surface area contributed by atoms with Gasteiger partial charge in [-0.25, -0.2) is 4.79 Å². The number of nitriles is 1. The van der Waals surface area contributed by atoms with Crippen LogP contribution in [0, 0.1) is 18.3 Å². The van der Waals surface area contributed by atoms with Crippen molar-refractivity contribution in [1.29, 1.82) is 5.26 Å². The second-order valence-corrected chi connectivity index (χ2v) is 4.44. The van der Waals surface area contributed by atoms with Crippen LogP contribution in [0.2, 0.25) is 0 Å². The van der Waals surface area contributed by atoms with Crippen molar-refractivity contribution in [3.8, 4) is 6.07 Å². The first-order chi connectivity index (χ1) is 9.67. The highest BCUT2D eigenvalue weighted by molar-refractivity contribution is 5.91. The lowest BCUT2D eigenvalue weighted by molar-refractivity contribution is 0.0525. The van der Waals surface area contributed by atoms with Gasteiger partial charge in [0.25, 0.3) is 0 Å². The monoisotopic (exact) mass is 268 g/mol. The van der Waals surface area contributed by atoms with Crippen LogP contribution in [0.5, 0.6) is 0 Å². The van der Waals surface area contributed by atoms with Gasteiger partial charge in [-0.3, -0.25) is 0 Å². The molecular formula is C16H16N2O2. The van der Waals surface area contributed by atoms with Gasteiger partial charge >= 0.3 is 5.97 Å². The molecule has 0 bridgehead atoms. The molecular weight excluding hydrogens is 252 g/mol. The van der Waals surface area contributed by atoms with E-state index in [4.69, 9.17) is 10.00 Å². The lowest BCUT2D eigenvalue weighted by Crippen LogP contribution is -2.12. The summed E-state index contributed by atoms with van der Waals surface area (Å²) in [5.74, 6) is -0.327. The summed E-state index contributed by atoms with van der Waals surface area (Å²) < 4.78 is 6.95. The molecule has 0 aliphatic rings. The Morgan fingerprint density at radius 3 is 2.75 bits per heavy atom. The molecule has 4 nitrogen and oxygen atoms in total. The Morgan fingerprint density at radius 2 is 2.05 bits per heavy atom. The second kappa shape index (κ2) is 6.07. The van der Waals surface area contributed by atoms with E-state index in [1.54, 1.807) is 19.1 Å². The van der Waals surface area contributed by atoms with Gasteiger partial charge in [0.05, 0.1) is 12.2 Å². The van der Waals surface area contributed by atoms with Crippen LogP contribution in [0.1, 0.15) is 34.2 Å². The third-order valence-electron chi connectivity index (χ3n) is 3.15. The first-order valence-electron chi connectivity index (χ1n) is 6.48. The highest BCUT2D eigenvalue weighted by atomic mass is 16.5. The summed E-state index contributed by atoms with van der Waals surface area (Å²) in [6, 6.07) is 13.1. The number of hydrogen-bond donors (Lipinski definition) is 0. The maximum absolute atomic E-state index is 11.9. The standard InChI is InChI=1S/C16H16N2O2/c1-3-20-16(19)15-7-5-4-6-13(15)11-18-12(2)8-9-14(18)10-17/h4-9H,3,11H2,1-2H3. The van der Waals surface area contributed by atoms with Crippen LogP contribution < -0.4 is 0 Å². The first kappa shape index (κ1) is 13.9. The number of ether oxygens (including phenoxy) is 1. The molecule has 0 aliphatic carbocycles. The zero-order valence-electron chi connectivity index (χ0n) is 11.6. The van der Waals surface area contributed by atoms with Gasteiger partial charge in [-0.2, -0.15) is 5.26 Å². The van der Waals surface area contributed by atoms with Crippen LogP contribution in [0.25, 0.3) is 0 Å². The quantitative estimate of drug-likeness (QED) is 0.801. The summed E-state index contributed by atoms with van der Waals surface area (Å²) in [5.41, 5.74) is 2.97. The maximum Gasteiger partial charge on any atom is 0.338 e. The molecule has 0 fully saturated rings. The van der Waals surface area contributed by atoms with Gasteiger partial charge < -0.3 is 9.30 Å². The van der Waals surface area contributed by atoms with Crippen LogP contribution in [0.3, 0.4) is 0 Å². The summed E-state index contributed by atoms with van der Waals surface area (Å²) >= 11 is 0. The Hall–Kier alpha value is -2.54. The molecule has 1 heterocycles. The van der Waals surface area contributed by atoms with Gasteiger partial charge in [0.15, 0.2) is 0 Å². The largest absolute Gasteiger partial charge is 0.462 e. The van der Waals surface area contributed by atoms with E-state index in [9.17, 15) is 4.79 Å². The molecule has 0 amide bonds. The van der Waals surface area contributed by atoms with Crippen molar-refractivity contribution in [1.82, 2.24) is 4.57 Å². The van der Waals surface area contributed by atoms with Crippen LogP contribution in [0.4, 0.5) is 0 Å². The molecule has 4 heteroatoms. The molecule has 2 rings (SSSR count). The molecule has 102 valence electrons. The number of esters is 1. The molecule has 20 heavy (non-hydrogen) atoms. The van der Waals surface area contributed by atoms with E-state index in [0.717, 1.165) is 11.3 Å². The molecule has 0 aliphatic heterocycles. The van der Waals surface area contributed by atoms with Crippen molar-refractivity contribution < 1.29 is 9.53 Å². The van der Waals surface area contributed by atoms with E-state index >= 15 is 0 Å². The first-order valence-corrected chi connectivity index (χ1v) is 6.48. The number of aryl methyl sites for hydroxylation is 1. The second-order valence-electron chi connectivity index (χ2n) is 4.44. The van der Waals surface area contributed by atoms with Crippen LogP contribution in [-0.2, 0) is 11.3 Å². The summed E-state index contributed by atoms with van der Waals surface area (Å²) in [4.78, 5) is 11.9. The summed E-state index contributed by atoms with van der Waals surface area (Å²) in [6.07, 6.45) is 0. The van der Waals surface area contributed by atoms with Gasteiger partial charge in [-0.1, -0.05) is 18.2 Å². The summed E-state index contributed by atoms with van der Waals surface area (Å²) in [6.45, 7) is 4.55. The molecule has 0 saturated carbocycles. The number of benzene rings is 1. The van der Waals surface area contributed by atoms with E-state index < -0.39 is 0 Å². The fraction of sp³-hybridized carbons (Fsp3) is 0.250. The van der Waals surface area contributed by atoms with E-state index in [2.05, 4.69) is 6.07 Å². The van der Waals surface area contributed by atoms with Crippen molar-refractivity contribution in [3.05, 3.63) is 58.9 Å². The van der Waals surface area contributed by atoms with Crippen LogP contribution >= 0.6 is 0 Å². The highest BCUT2D eigenvalue weighted by Gasteiger charge is 2.13. The Bertz CT molecular complexity index is 665. The van der Waals surface area contributed by atoms with Gasteiger partial charge in [-0.05, 0) is 37.6 Å². The molecule has 1 aromatic heterocycles. The zero-order valence-corrected chi connectivity index (χ0v) is 11.6. The molecule has 2 aromatic rings. The number of hydrogen-bond acceptors (Lipinski definition) is 3. The van der Waals surface area contributed by atoms with Gasteiger partial charge in [0.1, 0.15) is 11.8 Å². The number of nitrogens with zero attached hydrogens (tertiary/aromatic N) is 2. The molecule has 0 spiro atoms. The topological polar surface area (TPSA) is 55.0 Å². The predicted molar refractivity (Wildman–Crippen MR) is 75.4 cm³/mol. The zero-order chi connectivity index (χ0) is 14.5. The van der Waals surface area contributed by atoms with E-state index in [1.165, 1.54) is 0 Å². The lowest BCUT2D eigenvalue weighted by atomic mass is 10.1. The fourth-order valence-corrected chi connectivity index (χ4v) is 2.11. The third-order valence-corrected chi connectivity index (χ3v) is 3.15. The van der Waals surface area contributed by atoms with Crippen molar-refractivity contribution in [2.45, 2.75) is 20.4 Å². The number of carbonyl (C=O) groups is 1. The van der Waals surface area contributed by atoms with E-state index in [1.807, 2.05) is 35.8 Å². The highest BCUT2D eigenvalue weighted by Crippen LogP contribution is 2.16. The Balaban J connectivity index is 2.37. The third kappa shape index (κ3) is 2.72. The van der Waals surface area contributed by atoms with Crippen molar-refractivity contribution in [2.24, 2.45) is 0 Å². The van der Waals surface area contributed by atoms with Crippen molar-refractivity contribution >= 4 is 5.97 Å². The molecule has 0 radical (unpaired) electrons. The Labute approximate surface area is 118 Å². The average molecular weight is 268 g/mol. The molecule has 0 unspecified atom stereocenters. The lowest BCUT2D eigenvalue weighted by Gasteiger charge is -2.12. The van der Waals surface area contributed by atoms with Crippen molar-refractivity contribution in [3.63, 3.8) is 0 Å².